The van der Waals surface area contributed by atoms with Crippen LogP contribution in [0, 0.1) is 0 Å². The quantitative estimate of drug-likeness (QED) is 0.852. The zero-order valence-corrected chi connectivity index (χ0v) is 10.4. The highest BCUT2D eigenvalue weighted by Gasteiger charge is 2.44. The fourth-order valence-electron chi connectivity index (χ4n) is 2.49. The van der Waals surface area contributed by atoms with E-state index in [1.807, 2.05) is 0 Å². The summed E-state index contributed by atoms with van der Waals surface area (Å²) in [7, 11) is 0. The van der Waals surface area contributed by atoms with Crippen molar-refractivity contribution in [3.63, 3.8) is 0 Å². The van der Waals surface area contributed by atoms with Crippen molar-refractivity contribution in [3.05, 3.63) is 24.3 Å². The molecule has 2 aliphatic heterocycles. The first-order valence-electron chi connectivity index (χ1n) is 5.88. The maximum atomic E-state index is 12.2. The van der Waals surface area contributed by atoms with Gasteiger partial charge in [0.1, 0.15) is 0 Å². The first kappa shape index (κ1) is 12.2. The monoisotopic (exact) mass is 274 g/mol. The van der Waals surface area contributed by atoms with Gasteiger partial charge in [0, 0.05) is 29.7 Å². The van der Waals surface area contributed by atoms with Gasteiger partial charge in [0.15, 0.2) is 0 Å². The highest BCUT2D eigenvalue weighted by atomic mass is 32.2. The molecule has 3 rings (SSSR count). The summed E-state index contributed by atoms with van der Waals surface area (Å²) >= 11 is -0.0758. The Balaban J connectivity index is 1.57. The van der Waals surface area contributed by atoms with Crippen molar-refractivity contribution in [2.75, 3.05) is 18.4 Å². The molecule has 0 spiro atoms. The summed E-state index contributed by atoms with van der Waals surface area (Å²) in [5, 5.41) is 3.37. The minimum Gasteiger partial charge on any atom is -0.379 e. The van der Waals surface area contributed by atoms with Crippen molar-refractivity contribution in [2.24, 2.45) is 0 Å². The summed E-state index contributed by atoms with van der Waals surface area (Å²) in [5.74, 6) is 0. The van der Waals surface area contributed by atoms with E-state index in [9.17, 15) is 13.2 Å². The summed E-state index contributed by atoms with van der Waals surface area (Å²) in [5.41, 5.74) is -3.31. The van der Waals surface area contributed by atoms with E-state index in [-0.39, 0.29) is 16.7 Å². The van der Waals surface area contributed by atoms with Gasteiger partial charge in [-0.25, -0.2) is 0 Å². The van der Waals surface area contributed by atoms with Crippen molar-refractivity contribution < 1.29 is 13.2 Å². The van der Waals surface area contributed by atoms with Gasteiger partial charge in [0.05, 0.1) is 6.04 Å². The van der Waals surface area contributed by atoms with Crippen LogP contribution < -0.4 is 5.32 Å². The van der Waals surface area contributed by atoms with Crippen LogP contribution in [-0.4, -0.2) is 35.6 Å². The third kappa shape index (κ3) is 2.44. The number of piperidine rings is 1. The van der Waals surface area contributed by atoms with Crippen LogP contribution in [0.4, 0.5) is 18.9 Å². The number of hydrogen-bond donors (Lipinski definition) is 1. The van der Waals surface area contributed by atoms with Gasteiger partial charge in [0.25, 0.3) is 0 Å². The minimum atomic E-state index is -4.21. The van der Waals surface area contributed by atoms with E-state index >= 15 is 0 Å². The molecular formula is C12H13F3N2S. The normalized spacial score (nSPS) is 27.1. The predicted octanol–water partition coefficient (Wildman–Crippen LogP) is 3.17. The van der Waals surface area contributed by atoms with Crippen molar-refractivity contribution >= 4 is 17.4 Å². The molecule has 1 aromatic rings. The maximum absolute atomic E-state index is 12.2. The average molecular weight is 274 g/mol. The van der Waals surface area contributed by atoms with Gasteiger partial charge >= 0.3 is 5.51 Å². The number of benzene rings is 1. The average Bonchev–Trinajstić information content (AvgIpc) is 2.25. The van der Waals surface area contributed by atoms with E-state index in [2.05, 4.69) is 10.2 Å². The molecule has 1 unspecified atom stereocenters. The molecule has 0 saturated carbocycles. The van der Waals surface area contributed by atoms with Gasteiger partial charge < -0.3 is 5.32 Å². The third-order valence-electron chi connectivity index (χ3n) is 3.52. The zero-order valence-electron chi connectivity index (χ0n) is 9.57. The first-order valence-corrected chi connectivity index (χ1v) is 6.69. The third-order valence-corrected chi connectivity index (χ3v) is 4.26. The van der Waals surface area contributed by atoms with Gasteiger partial charge in [0.2, 0.25) is 0 Å². The number of thioether (sulfide) groups is 1. The van der Waals surface area contributed by atoms with Crippen molar-refractivity contribution in [1.82, 2.24) is 4.90 Å². The molecule has 2 saturated heterocycles. The van der Waals surface area contributed by atoms with Crippen LogP contribution in [-0.2, 0) is 0 Å². The topological polar surface area (TPSA) is 15.3 Å². The van der Waals surface area contributed by atoms with Crippen LogP contribution in [0.5, 0.6) is 0 Å². The molecule has 2 atom stereocenters. The lowest BCUT2D eigenvalue weighted by Gasteiger charge is -2.56. The Labute approximate surface area is 108 Å². The predicted molar refractivity (Wildman–Crippen MR) is 65.7 cm³/mol. The lowest BCUT2D eigenvalue weighted by atomic mass is 9.85. The van der Waals surface area contributed by atoms with Crippen LogP contribution >= 0.6 is 11.8 Å². The first-order chi connectivity index (χ1) is 8.51. The van der Waals surface area contributed by atoms with E-state index in [4.69, 9.17) is 0 Å². The van der Waals surface area contributed by atoms with E-state index in [1.54, 1.807) is 12.1 Å². The number of nitrogens with one attached hydrogen (secondary N) is 1. The highest BCUT2D eigenvalue weighted by molar-refractivity contribution is 8.00. The van der Waals surface area contributed by atoms with Gasteiger partial charge in [-0.3, -0.25) is 4.90 Å². The van der Waals surface area contributed by atoms with Gasteiger partial charge in [-0.05, 0) is 42.4 Å². The molecule has 2 heterocycles. The SMILES string of the molecule is FC(F)(F)Sc1ccc(N[C@@H]2CN3CCC23)cc1. The Morgan fingerprint density at radius 3 is 2.39 bits per heavy atom. The van der Waals surface area contributed by atoms with Crippen LogP contribution in [0.25, 0.3) is 0 Å². The summed E-state index contributed by atoms with van der Waals surface area (Å²) < 4.78 is 36.5. The Kier molecular flexibility index (Phi) is 2.94. The molecule has 0 aliphatic carbocycles. The molecule has 6 heteroatoms. The molecule has 1 aromatic carbocycles. The molecule has 0 aromatic heterocycles. The van der Waals surface area contributed by atoms with Crippen LogP contribution in [0.15, 0.2) is 29.2 Å². The molecule has 2 fully saturated rings. The maximum Gasteiger partial charge on any atom is 0.446 e. The molecular weight excluding hydrogens is 261 g/mol. The number of nitrogens with zero attached hydrogens (tertiary/aromatic N) is 1. The fraction of sp³-hybridized carbons (Fsp3) is 0.500. The van der Waals surface area contributed by atoms with E-state index < -0.39 is 5.51 Å². The van der Waals surface area contributed by atoms with E-state index in [0.29, 0.717) is 12.1 Å². The Morgan fingerprint density at radius 2 is 1.94 bits per heavy atom. The Hall–Kier alpha value is -0.880. The molecule has 1 N–H and O–H groups in total. The minimum absolute atomic E-state index is 0.0758. The van der Waals surface area contributed by atoms with Crippen molar-refractivity contribution in [1.29, 1.82) is 0 Å². The number of hydrogen-bond acceptors (Lipinski definition) is 3. The van der Waals surface area contributed by atoms with Crippen LogP contribution in [0.2, 0.25) is 0 Å². The van der Waals surface area contributed by atoms with E-state index in [0.717, 1.165) is 12.2 Å². The summed E-state index contributed by atoms with van der Waals surface area (Å²) in [6.07, 6.45) is 1.22. The van der Waals surface area contributed by atoms with Crippen molar-refractivity contribution in [2.45, 2.75) is 28.9 Å². The molecule has 0 bridgehead atoms. The van der Waals surface area contributed by atoms with Gasteiger partial charge in [-0.2, -0.15) is 13.2 Å². The van der Waals surface area contributed by atoms with Gasteiger partial charge in [-0.1, -0.05) is 0 Å². The number of alkyl halides is 3. The number of halogens is 3. The molecule has 2 nitrogen and oxygen atoms in total. The summed E-state index contributed by atoms with van der Waals surface area (Å²) in [4.78, 5) is 2.62. The standard InChI is InChI=1S/C12H13F3N2S/c13-12(14,15)18-9-3-1-8(2-4-9)16-10-7-17-6-5-11(10)17/h1-4,10-11,16H,5-7H2/t10-,11?/m1/s1. The molecule has 2 aliphatic rings. The second-order valence-corrected chi connectivity index (χ2v) is 5.81. The zero-order chi connectivity index (χ0) is 12.8. The summed E-state index contributed by atoms with van der Waals surface area (Å²) in [6, 6.07) is 7.55. The molecule has 0 amide bonds. The second-order valence-electron chi connectivity index (χ2n) is 4.67. The molecule has 98 valence electrons. The number of anilines is 1. The molecule has 18 heavy (non-hydrogen) atoms. The Morgan fingerprint density at radius 1 is 1.22 bits per heavy atom. The number of rotatable bonds is 3. The number of fused-ring (bicyclic) bond motifs is 1. The van der Waals surface area contributed by atoms with E-state index in [1.165, 1.54) is 25.1 Å². The van der Waals surface area contributed by atoms with Gasteiger partial charge in [-0.15, -0.1) is 0 Å². The Bertz CT molecular complexity index is 432. The lowest BCUT2D eigenvalue weighted by Crippen LogP contribution is -2.70. The smallest absolute Gasteiger partial charge is 0.379 e. The van der Waals surface area contributed by atoms with Crippen molar-refractivity contribution in [3.8, 4) is 0 Å². The van der Waals surface area contributed by atoms with Crippen LogP contribution in [0.3, 0.4) is 0 Å². The highest BCUT2D eigenvalue weighted by Crippen LogP contribution is 2.37. The lowest BCUT2D eigenvalue weighted by molar-refractivity contribution is -0.0328. The largest absolute Gasteiger partial charge is 0.446 e. The van der Waals surface area contributed by atoms with Crippen LogP contribution in [0.1, 0.15) is 6.42 Å². The fourth-order valence-corrected chi connectivity index (χ4v) is 3.03. The summed E-state index contributed by atoms with van der Waals surface area (Å²) in [6.45, 7) is 2.23. The molecule has 0 radical (unpaired) electrons. The second kappa shape index (κ2) is 4.35.